The molecule has 0 radical (unpaired) electrons. The fourth-order valence-electron chi connectivity index (χ4n) is 2.14. The van der Waals surface area contributed by atoms with Gasteiger partial charge < -0.3 is 10.6 Å². The first-order chi connectivity index (χ1) is 11.3. The number of nitrogens with one attached hydrogen (secondary N) is 2. The van der Waals surface area contributed by atoms with Gasteiger partial charge in [-0.15, -0.1) is 0 Å². The lowest BCUT2D eigenvalue weighted by molar-refractivity contribution is 0.998. The first-order valence-electron chi connectivity index (χ1n) is 7.41. The number of anilines is 2. The van der Waals surface area contributed by atoms with E-state index in [0.29, 0.717) is 13.1 Å². The summed E-state index contributed by atoms with van der Waals surface area (Å²) in [5.41, 5.74) is 2.21. The van der Waals surface area contributed by atoms with Crippen LogP contribution in [0.25, 0.3) is 0 Å². The van der Waals surface area contributed by atoms with Gasteiger partial charge in [0, 0.05) is 43.9 Å². The van der Waals surface area contributed by atoms with Crippen molar-refractivity contribution < 1.29 is 0 Å². The number of hydrogen-bond donors (Lipinski definition) is 2. The van der Waals surface area contributed by atoms with Crippen molar-refractivity contribution in [2.75, 3.05) is 10.6 Å². The van der Waals surface area contributed by atoms with Gasteiger partial charge >= 0.3 is 0 Å². The van der Waals surface area contributed by atoms with Crippen LogP contribution in [0, 0.1) is 6.92 Å². The fourth-order valence-corrected chi connectivity index (χ4v) is 2.14. The molecule has 3 rings (SSSR count). The number of aromatic nitrogens is 4. The van der Waals surface area contributed by atoms with E-state index in [1.165, 1.54) is 0 Å². The van der Waals surface area contributed by atoms with Gasteiger partial charge in [-0.25, -0.2) is 9.97 Å². The maximum atomic E-state index is 4.41. The maximum Gasteiger partial charge on any atom is 0.132 e. The summed E-state index contributed by atoms with van der Waals surface area (Å²) in [5.74, 6) is 2.29. The molecule has 3 aromatic heterocycles. The molecule has 0 spiro atoms. The van der Waals surface area contributed by atoms with Crippen molar-refractivity contribution >= 4 is 11.6 Å². The van der Waals surface area contributed by atoms with Crippen molar-refractivity contribution in [1.29, 1.82) is 0 Å². The van der Waals surface area contributed by atoms with E-state index >= 15 is 0 Å². The summed E-state index contributed by atoms with van der Waals surface area (Å²) in [6.45, 7) is 3.23. The average molecular weight is 306 g/mol. The number of pyridine rings is 2. The zero-order valence-corrected chi connectivity index (χ0v) is 12.9. The molecule has 2 N–H and O–H groups in total. The van der Waals surface area contributed by atoms with Crippen LogP contribution in [0.3, 0.4) is 0 Å². The number of aryl methyl sites for hydroxylation is 1. The molecule has 0 unspecified atom stereocenters. The molecule has 0 aliphatic carbocycles. The normalized spacial score (nSPS) is 10.3. The molecule has 6 nitrogen and oxygen atoms in total. The minimum absolute atomic E-state index is 0.673. The van der Waals surface area contributed by atoms with Crippen LogP contribution in [-0.4, -0.2) is 19.9 Å². The Labute approximate surface area is 135 Å². The molecule has 0 aliphatic rings. The van der Waals surface area contributed by atoms with E-state index in [2.05, 4.69) is 30.6 Å². The monoisotopic (exact) mass is 306 g/mol. The summed E-state index contributed by atoms with van der Waals surface area (Å²) < 4.78 is 0. The molecular weight excluding hydrogens is 288 g/mol. The topological polar surface area (TPSA) is 75.6 Å². The first kappa shape index (κ1) is 14.9. The number of nitrogens with zero attached hydrogens (tertiary/aromatic N) is 4. The van der Waals surface area contributed by atoms with Gasteiger partial charge in [-0.1, -0.05) is 12.1 Å². The van der Waals surface area contributed by atoms with Gasteiger partial charge in [-0.05, 0) is 30.2 Å². The lowest BCUT2D eigenvalue weighted by Gasteiger charge is -2.10. The standard InChI is InChI=1S/C17H18N6/c1-13-22-16(20-11-14-4-2-6-18-9-14)8-17(23-13)21-12-15-5-3-7-19-10-15/h2-10H,11-12H2,1H3,(H2,20,21,22,23). The van der Waals surface area contributed by atoms with Gasteiger partial charge in [0.2, 0.25) is 0 Å². The summed E-state index contributed by atoms with van der Waals surface area (Å²) in [7, 11) is 0. The van der Waals surface area contributed by atoms with E-state index in [1.807, 2.05) is 49.6 Å². The zero-order chi connectivity index (χ0) is 15.9. The third kappa shape index (κ3) is 4.47. The second kappa shape index (κ2) is 7.31. The molecule has 0 atom stereocenters. The van der Waals surface area contributed by atoms with Crippen LogP contribution in [0.5, 0.6) is 0 Å². The molecule has 0 amide bonds. The van der Waals surface area contributed by atoms with Crippen LogP contribution in [0.15, 0.2) is 55.1 Å². The van der Waals surface area contributed by atoms with Gasteiger partial charge in [0.15, 0.2) is 0 Å². The maximum absolute atomic E-state index is 4.41. The lowest BCUT2D eigenvalue weighted by atomic mass is 10.3. The highest BCUT2D eigenvalue weighted by Gasteiger charge is 2.02. The Morgan fingerprint density at radius 2 is 1.35 bits per heavy atom. The highest BCUT2D eigenvalue weighted by molar-refractivity contribution is 5.48. The molecule has 23 heavy (non-hydrogen) atoms. The third-order valence-corrected chi connectivity index (χ3v) is 3.23. The Kier molecular flexibility index (Phi) is 4.73. The SMILES string of the molecule is Cc1nc(NCc2cccnc2)cc(NCc2cccnc2)n1. The zero-order valence-electron chi connectivity index (χ0n) is 12.9. The predicted octanol–water partition coefficient (Wildman–Crippen LogP) is 2.80. The number of hydrogen-bond acceptors (Lipinski definition) is 6. The number of rotatable bonds is 6. The molecule has 0 saturated heterocycles. The molecule has 0 aliphatic heterocycles. The Morgan fingerprint density at radius 1 is 0.826 bits per heavy atom. The molecule has 0 saturated carbocycles. The summed E-state index contributed by atoms with van der Waals surface area (Å²) in [4.78, 5) is 17.0. The van der Waals surface area contributed by atoms with Crippen molar-refractivity contribution in [1.82, 2.24) is 19.9 Å². The van der Waals surface area contributed by atoms with Gasteiger partial charge in [0.25, 0.3) is 0 Å². The van der Waals surface area contributed by atoms with E-state index in [1.54, 1.807) is 12.4 Å². The van der Waals surface area contributed by atoms with Gasteiger partial charge in [-0.2, -0.15) is 0 Å². The Balaban J connectivity index is 1.64. The summed E-state index contributed by atoms with van der Waals surface area (Å²) in [6, 6.07) is 9.79. The van der Waals surface area contributed by atoms with E-state index in [-0.39, 0.29) is 0 Å². The highest BCUT2D eigenvalue weighted by Crippen LogP contribution is 2.13. The molecule has 0 bridgehead atoms. The molecule has 0 fully saturated rings. The lowest BCUT2D eigenvalue weighted by Crippen LogP contribution is -2.07. The van der Waals surface area contributed by atoms with Crippen molar-refractivity contribution in [2.45, 2.75) is 20.0 Å². The van der Waals surface area contributed by atoms with E-state index in [0.717, 1.165) is 28.6 Å². The van der Waals surface area contributed by atoms with Crippen molar-refractivity contribution in [3.05, 3.63) is 72.1 Å². The van der Waals surface area contributed by atoms with Crippen LogP contribution in [0.2, 0.25) is 0 Å². The summed E-state index contributed by atoms with van der Waals surface area (Å²) in [6.07, 6.45) is 7.20. The molecular formula is C17H18N6. The van der Waals surface area contributed by atoms with E-state index in [4.69, 9.17) is 0 Å². The van der Waals surface area contributed by atoms with Crippen LogP contribution < -0.4 is 10.6 Å². The Morgan fingerprint density at radius 3 is 1.78 bits per heavy atom. The second-order valence-corrected chi connectivity index (χ2v) is 5.12. The van der Waals surface area contributed by atoms with Crippen molar-refractivity contribution in [2.24, 2.45) is 0 Å². The summed E-state index contributed by atoms with van der Waals surface area (Å²) >= 11 is 0. The molecule has 116 valence electrons. The molecule has 6 heteroatoms. The molecule has 3 heterocycles. The van der Waals surface area contributed by atoms with Crippen molar-refractivity contribution in [3.63, 3.8) is 0 Å². The highest BCUT2D eigenvalue weighted by atomic mass is 15.1. The predicted molar refractivity (Wildman–Crippen MR) is 89.9 cm³/mol. The quantitative estimate of drug-likeness (QED) is 0.729. The van der Waals surface area contributed by atoms with Gasteiger partial charge in [0.05, 0.1) is 0 Å². The van der Waals surface area contributed by atoms with Crippen LogP contribution in [-0.2, 0) is 13.1 Å². The fraction of sp³-hybridized carbons (Fsp3) is 0.176. The van der Waals surface area contributed by atoms with Crippen LogP contribution in [0.1, 0.15) is 17.0 Å². The molecule has 0 aromatic carbocycles. The Hall–Kier alpha value is -3.02. The minimum atomic E-state index is 0.673. The Bertz CT molecular complexity index is 684. The van der Waals surface area contributed by atoms with Gasteiger partial charge in [-0.3, -0.25) is 9.97 Å². The van der Waals surface area contributed by atoms with Crippen LogP contribution in [0.4, 0.5) is 11.6 Å². The minimum Gasteiger partial charge on any atom is -0.366 e. The third-order valence-electron chi connectivity index (χ3n) is 3.23. The average Bonchev–Trinajstić information content (AvgIpc) is 2.60. The van der Waals surface area contributed by atoms with Crippen LogP contribution >= 0.6 is 0 Å². The summed E-state index contributed by atoms with van der Waals surface area (Å²) in [5, 5.41) is 6.59. The largest absolute Gasteiger partial charge is 0.366 e. The second-order valence-electron chi connectivity index (χ2n) is 5.12. The molecule has 3 aromatic rings. The first-order valence-corrected chi connectivity index (χ1v) is 7.41. The van der Waals surface area contributed by atoms with Gasteiger partial charge in [0.1, 0.15) is 17.5 Å². The van der Waals surface area contributed by atoms with Crippen molar-refractivity contribution in [3.8, 4) is 0 Å². The smallest absolute Gasteiger partial charge is 0.132 e. The van der Waals surface area contributed by atoms with E-state index in [9.17, 15) is 0 Å². The van der Waals surface area contributed by atoms with E-state index < -0.39 is 0 Å².